The fraction of sp³-hybridized carbons (Fsp3) is 0.250. The maximum atomic E-state index is 9.32. The Morgan fingerprint density at radius 2 is 2.00 bits per heavy atom. The van der Waals surface area contributed by atoms with E-state index in [-0.39, 0.29) is 17.2 Å². The fourth-order valence-corrected chi connectivity index (χ4v) is 0.928. The normalized spacial score (nSPS) is 9.75. The number of phenolic OH excluding ortho intramolecular Hbond substituents is 2. The van der Waals surface area contributed by atoms with E-state index in [2.05, 4.69) is 5.32 Å². The first-order valence-electron chi connectivity index (χ1n) is 3.71. The van der Waals surface area contributed by atoms with E-state index in [1.54, 1.807) is 6.07 Å². The summed E-state index contributed by atoms with van der Waals surface area (Å²) in [5, 5.41) is 21.4. The van der Waals surface area contributed by atoms with Crippen LogP contribution in [-0.4, -0.2) is 16.8 Å². The Hall–Kier alpha value is -1.58. The van der Waals surface area contributed by atoms with Crippen molar-refractivity contribution in [2.24, 2.45) is 0 Å². The minimum Gasteiger partial charge on any atom is -0.503 e. The van der Waals surface area contributed by atoms with Gasteiger partial charge < -0.3 is 21.3 Å². The van der Waals surface area contributed by atoms with E-state index in [9.17, 15) is 10.2 Å². The van der Waals surface area contributed by atoms with Crippen LogP contribution in [0.4, 0.5) is 11.4 Å². The van der Waals surface area contributed by atoms with Crippen LogP contribution in [0.1, 0.15) is 6.92 Å². The number of nitrogens with two attached hydrogens (primary N) is 1. The zero-order valence-corrected chi connectivity index (χ0v) is 6.83. The van der Waals surface area contributed by atoms with Crippen molar-refractivity contribution in [3.63, 3.8) is 0 Å². The lowest BCUT2D eigenvalue weighted by Crippen LogP contribution is -1.97. The van der Waals surface area contributed by atoms with Gasteiger partial charge in [-0.1, -0.05) is 0 Å². The van der Waals surface area contributed by atoms with Crippen molar-refractivity contribution in [1.29, 1.82) is 0 Å². The zero-order valence-electron chi connectivity index (χ0n) is 6.83. The van der Waals surface area contributed by atoms with E-state index >= 15 is 0 Å². The van der Waals surface area contributed by atoms with Gasteiger partial charge in [-0.3, -0.25) is 0 Å². The first-order chi connectivity index (χ1) is 5.66. The molecule has 0 aromatic heterocycles. The first-order valence-corrected chi connectivity index (χ1v) is 3.71. The summed E-state index contributed by atoms with van der Waals surface area (Å²) in [4.78, 5) is 0. The summed E-state index contributed by atoms with van der Waals surface area (Å²) in [5.74, 6) is -0.467. The lowest BCUT2D eigenvalue weighted by Gasteiger charge is -2.08. The quantitative estimate of drug-likeness (QED) is 0.394. The molecular weight excluding hydrogens is 156 g/mol. The molecule has 0 atom stereocenters. The third-order valence-corrected chi connectivity index (χ3v) is 1.55. The van der Waals surface area contributed by atoms with Gasteiger partial charge in [0.2, 0.25) is 0 Å². The first kappa shape index (κ1) is 8.52. The third kappa shape index (κ3) is 1.37. The molecule has 0 aliphatic rings. The van der Waals surface area contributed by atoms with E-state index < -0.39 is 0 Å². The second-order valence-electron chi connectivity index (χ2n) is 2.43. The molecule has 0 aliphatic heterocycles. The van der Waals surface area contributed by atoms with Gasteiger partial charge in [0, 0.05) is 6.54 Å². The average molecular weight is 168 g/mol. The molecule has 0 spiro atoms. The highest BCUT2D eigenvalue weighted by molar-refractivity contribution is 5.71. The number of hydrogen-bond donors (Lipinski definition) is 4. The van der Waals surface area contributed by atoms with Gasteiger partial charge in [0.1, 0.15) is 0 Å². The smallest absolute Gasteiger partial charge is 0.183 e. The van der Waals surface area contributed by atoms with Gasteiger partial charge in [-0.05, 0) is 19.1 Å². The van der Waals surface area contributed by atoms with Gasteiger partial charge in [-0.2, -0.15) is 0 Å². The minimum absolute atomic E-state index is 0.175. The van der Waals surface area contributed by atoms with E-state index in [0.717, 1.165) is 0 Å². The highest BCUT2D eigenvalue weighted by Gasteiger charge is 2.07. The Morgan fingerprint density at radius 1 is 1.33 bits per heavy atom. The molecule has 1 aromatic rings. The Labute approximate surface area is 70.6 Å². The second kappa shape index (κ2) is 3.21. The van der Waals surface area contributed by atoms with Crippen molar-refractivity contribution in [2.75, 3.05) is 17.6 Å². The van der Waals surface area contributed by atoms with Gasteiger partial charge in [0.15, 0.2) is 11.5 Å². The number of aromatic hydroxyl groups is 2. The number of benzene rings is 1. The molecular formula is C8H12N2O2. The average Bonchev–Trinajstić information content (AvgIpc) is 2.07. The molecule has 1 aromatic carbocycles. The van der Waals surface area contributed by atoms with Crippen molar-refractivity contribution in [3.8, 4) is 11.5 Å². The summed E-state index contributed by atoms with van der Waals surface area (Å²) >= 11 is 0. The Kier molecular flexibility index (Phi) is 2.28. The molecule has 0 fully saturated rings. The molecule has 0 heterocycles. The maximum absolute atomic E-state index is 9.32. The Morgan fingerprint density at radius 3 is 2.58 bits per heavy atom. The largest absolute Gasteiger partial charge is 0.503 e. The minimum atomic E-state index is -0.270. The molecule has 0 radical (unpaired) electrons. The number of nitrogens with one attached hydrogen (secondary N) is 1. The zero-order chi connectivity index (χ0) is 9.14. The number of rotatable bonds is 2. The summed E-state index contributed by atoms with van der Waals surface area (Å²) in [6.07, 6.45) is 0. The summed E-state index contributed by atoms with van der Waals surface area (Å²) < 4.78 is 0. The van der Waals surface area contributed by atoms with E-state index in [1.807, 2.05) is 6.92 Å². The van der Waals surface area contributed by atoms with Gasteiger partial charge in [0.05, 0.1) is 11.4 Å². The summed E-state index contributed by atoms with van der Waals surface area (Å²) in [7, 11) is 0. The molecule has 0 bridgehead atoms. The molecule has 0 saturated heterocycles. The third-order valence-electron chi connectivity index (χ3n) is 1.55. The van der Waals surface area contributed by atoms with Gasteiger partial charge in [-0.15, -0.1) is 0 Å². The fourth-order valence-electron chi connectivity index (χ4n) is 0.928. The molecule has 4 nitrogen and oxygen atoms in total. The number of nitrogen functional groups attached to an aromatic ring is 1. The van der Waals surface area contributed by atoms with Crippen LogP contribution in [-0.2, 0) is 0 Å². The van der Waals surface area contributed by atoms with Crippen molar-refractivity contribution >= 4 is 11.4 Å². The van der Waals surface area contributed by atoms with E-state index in [0.29, 0.717) is 12.2 Å². The number of hydrogen-bond acceptors (Lipinski definition) is 4. The molecule has 12 heavy (non-hydrogen) atoms. The standard InChI is InChI=1S/C8H12N2O2/c1-2-10-6-4-3-5(9)7(11)8(6)12/h3-4,10-12H,2,9H2,1H3. The van der Waals surface area contributed by atoms with Gasteiger partial charge in [-0.25, -0.2) is 0 Å². The molecule has 0 amide bonds. The van der Waals surface area contributed by atoms with Crippen LogP contribution < -0.4 is 11.1 Å². The van der Waals surface area contributed by atoms with E-state index in [4.69, 9.17) is 5.73 Å². The molecule has 4 heteroatoms. The molecule has 0 saturated carbocycles. The predicted octanol–water partition coefficient (Wildman–Crippen LogP) is 1.11. The van der Waals surface area contributed by atoms with Gasteiger partial charge >= 0.3 is 0 Å². The maximum Gasteiger partial charge on any atom is 0.183 e. The van der Waals surface area contributed by atoms with Crippen LogP contribution in [0.15, 0.2) is 12.1 Å². The SMILES string of the molecule is CCNc1ccc(N)c(O)c1O. The van der Waals surface area contributed by atoms with Gasteiger partial charge in [0.25, 0.3) is 0 Å². The molecule has 5 N–H and O–H groups in total. The Balaban J connectivity index is 3.08. The monoisotopic (exact) mass is 168 g/mol. The van der Waals surface area contributed by atoms with Crippen LogP contribution >= 0.6 is 0 Å². The highest BCUT2D eigenvalue weighted by Crippen LogP contribution is 2.37. The topological polar surface area (TPSA) is 78.5 Å². The second-order valence-corrected chi connectivity index (χ2v) is 2.43. The van der Waals surface area contributed by atoms with Crippen molar-refractivity contribution in [1.82, 2.24) is 0 Å². The molecule has 0 unspecified atom stereocenters. The lowest BCUT2D eigenvalue weighted by molar-refractivity contribution is 0.407. The van der Waals surface area contributed by atoms with Crippen molar-refractivity contribution < 1.29 is 10.2 Å². The molecule has 1 rings (SSSR count). The molecule has 66 valence electrons. The van der Waals surface area contributed by atoms with Crippen molar-refractivity contribution in [3.05, 3.63) is 12.1 Å². The van der Waals surface area contributed by atoms with E-state index in [1.165, 1.54) is 6.07 Å². The number of anilines is 2. The van der Waals surface area contributed by atoms with Crippen LogP contribution in [0.2, 0.25) is 0 Å². The number of phenols is 2. The predicted molar refractivity (Wildman–Crippen MR) is 48.3 cm³/mol. The highest BCUT2D eigenvalue weighted by atomic mass is 16.3. The van der Waals surface area contributed by atoms with Crippen molar-refractivity contribution in [2.45, 2.75) is 6.92 Å². The van der Waals surface area contributed by atoms with Crippen LogP contribution in [0, 0.1) is 0 Å². The lowest BCUT2D eigenvalue weighted by atomic mass is 10.2. The molecule has 0 aliphatic carbocycles. The Bertz CT molecular complexity index is 287. The summed E-state index contributed by atoms with van der Waals surface area (Å²) in [6, 6.07) is 3.15. The van der Waals surface area contributed by atoms with Crippen LogP contribution in [0.3, 0.4) is 0 Å². The van der Waals surface area contributed by atoms with Crippen LogP contribution in [0.25, 0.3) is 0 Å². The van der Waals surface area contributed by atoms with Crippen LogP contribution in [0.5, 0.6) is 11.5 Å². The summed E-state index contributed by atoms with van der Waals surface area (Å²) in [6.45, 7) is 2.57. The summed E-state index contributed by atoms with van der Waals surface area (Å²) in [5.41, 5.74) is 6.01.